The number of unbranched alkanes of at least 4 members (excludes halogenated alkanes) is 1. The van der Waals surface area contributed by atoms with Gasteiger partial charge < -0.3 is 22.6 Å². The van der Waals surface area contributed by atoms with Crippen LogP contribution in [0.2, 0.25) is 0 Å². The fourth-order valence-corrected chi connectivity index (χ4v) is 8.47. The first-order valence-electron chi connectivity index (χ1n) is 21.0. The Balaban J connectivity index is 0.000000168. The van der Waals surface area contributed by atoms with E-state index in [4.69, 9.17) is 12.8 Å². The number of para-hydroxylation sites is 4. The van der Waals surface area contributed by atoms with Crippen molar-refractivity contribution in [1.29, 1.82) is 0 Å². The molecule has 0 N–H and O–H groups in total. The van der Waals surface area contributed by atoms with Crippen LogP contribution in [0.1, 0.15) is 53.5 Å². The molecule has 3 aliphatic carbocycles. The molecular weight excluding hydrogens is 1120 g/mol. The van der Waals surface area contributed by atoms with Crippen LogP contribution in [0.5, 0.6) is 0 Å². The van der Waals surface area contributed by atoms with Gasteiger partial charge in [-0.3, -0.25) is 11.8 Å². The Kier molecular flexibility index (Phi) is 16.9. The van der Waals surface area contributed by atoms with Gasteiger partial charge in [-0.05, 0) is 120 Å². The third-order valence-electron chi connectivity index (χ3n) is 11.5. The van der Waals surface area contributed by atoms with E-state index in [0.29, 0.717) is 0 Å². The van der Waals surface area contributed by atoms with Gasteiger partial charge >= 0.3 is 0 Å². The molecule has 314 valence electrons. The second kappa shape index (κ2) is 22.9. The second-order valence-electron chi connectivity index (χ2n) is 15.3. The molecule has 0 bridgehead atoms. The Bertz CT molecular complexity index is 2510. The fourth-order valence-electron chi connectivity index (χ4n) is 8.47. The molecule has 0 unspecified atom stereocenters. The monoisotopic (exact) mass is 1170 g/mol. The van der Waals surface area contributed by atoms with E-state index in [2.05, 4.69) is 204 Å². The average Bonchev–Trinajstić information content (AvgIpc) is 3.89. The SMILES string of the molecule is [Au].[Au].[C-]#CC1=CC2=C(CC1)Cc1ccccc12.[C-]#Cc1ccc2c(c1)-c1ccccc1C2.c1ccc(N(CCCCN(c2ccccc2)c2ccccc2)c2ccccc2)cc1. The number of hydrogen-bond donors (Lipinski definition) is 0. The predicted octanol–water partition coefficient (Wildman–Crippen LogP) is 13.9. The molecule has 0 aromatic heterocycles. The van der Waals surface area contributed by atoms with Crippen LogP contribution in [-0.2, 0) is 57.6 Å². The van der Waals surface area contributed by atoms with E-state index >= 15 is 0 Å². The summed E-state index contributed by atoms with van der Waals surface area (Å²) in [5.74, 6) is 4.96. The number of anilines is 4. The van der Waals surface area contributed by atoms with Gasteiger partial charge in [0.2, 0.25) is 0 Å². The number of hydrogen-bond acceptors (Lipinski definition) is 2. The van der Waals surface area contributed by atoms with Crippen molar-refractivity contribution in [3.8, 4) is 23.0 Å². The van der Waals surface area contributed by atoms with Crippen molar-refractivity contribution in [2.45, 2.75) is 38.5 Å². The zero-order chi connectivity index (χ0) is 40.9. The zero-order valence-corrected chi connectivity index (χ0v) is 39.0. The molecule has 0 aliphatic heterocycles. The van der Waals surface area contributed by atoms with Crippen LogP contribution in [0, 0.1) is 24.7 Å². The minimum absolute atomic E-state index is 0. The summed E-state index contributed by atoms with van der Waals surface area (Å²) in [6.45, 7) is 1.98. The first-order valence-corrected chi connectivity index (χ1v) is 21.0. The van der Waals surface area contributed by atoms with Crippen molar-refractivity contribution in [2.75, 3.05) is 22.9 Å². The third-order valence-corrected chi connectivity index (χ3v) is 11.5. The smallest absolute Gasteiger partial charge is 0.0410 e. The summed E-state index contributed by atoms with van der Waals surface area (Å²) < 4.78 is 0. The van der Waals surface area contributed by atoms with Crippen molar-refractivity contribution in [1.82, 2.24) is 0 Å². The van der Waals surface area contributed by atoms with Gasteiger partial charge in [-0.25, -0.2) is 0 Å². The first-order chi connectivity index (χ1) is 29.7. The molecule has 7 aromatic rings. The van der Waals surface area contributed by atoms with Gasteiger partial charge in [-0.2, -0.15) is 0 Å². The molecule has 0 atom stereocenters. The van der Waals surface area contributed by atoms with Gasteiger partial charge in [-0.1, -0.05) is 139 Å². The van der Waals surface area contributed by atoms with Crippen LogP contribution in [-0.4, -0.2) is 13.1 Å². The van der Waals surface area contributed by atoms with E-state index in [1.165, 1.54) is 67.3 Å². The van der Waals surface area contributed by atoms with E-state index < -0.39 is 0 Å². The van der Waals surface area contributed by atoms with E-state index in [0.717, 1.165) is 62.8 Å². The molecule has 0 heterocycles. The Hall–Kier alpha value is -5.78. The van der Waals surface area contributed by atoms with E-state index in [9.17, 15) is 0 Å². The fraction of sp³-hybridized carbons (Fsp3) is 0.138. The average molecular weight is 1170 g/mol. The molecule has 62 heavy (non-hydrogen) atoms. The van der Waals surface area contributed by atoms with Crippen LogP contribution < -0.4 is 9.80 Å². The van der Waals surface area contributed by atoms with Gasteiger partial charge in [0.25, 0.3) is 0 Å². The maximum atomic E-state index is 7.19. The number of rotatable bonds is 9. The Labute approximate surface area is 400 Å². The molecule has 0 saturated heterocycles. The van der Waals surface area contributed by atoms with Gasteiger partial charge in [0.15, 0.2) is 0 Å². The minimum atomic E-state index is 0. The molecule has 2 nitrogen and oxygen atoms in total. The quantitative estimate of drug-likeness (QED) is 0.0615. The largest absolute Gasteiger partial charge is 0.366 e. The summed E-state index contributed by atoms with van der Waals surface area (Å²) in [6, 6.07) is 65.8. The van der Waals surface area contributed by atoms with Crippen LogP contribution in [0.25, 0.3) is 16.7 Å². The number of benzene rings is 7. The van der Waals surface area contributed by atoms with Gasteiger partial charge in [-0.15, -0.1) is 29.3 Å². The standard InChI is InChI=1S/C28H28N2.C15H11.C15H9.2Au/c1-5-15-25(16-6-1)29(26-17-7-2-8-18-26)23-13-14-24-30(27-19-9-3-10-20-27)28-21-11-4-12-22-28;2*1-2-11-7-8-13-10-12-5-3-4-6-14(12)15(13)9-11;;/h1-12,15-22H,13-14,23-24H2;3-6,9H,7-8,10H2;3-9H,10H2;;/q;2*-1;;. The van der Waals surface area contributed by atoms with Crippen molar-refractivity contribution in [3.05, 3.63) is 246 Å². The molecule has 7 aromatic carbocycles. The molecule has 0 amide bonds. The number of nitrogens with zero attached hydrogens (tertiary/aromatic N) is 2. The number of allylic oxidation sites excluding steroid dienone is 4. The van der Waals surface area contributed by atoms with Crippen molar-refractivity contribution in [2.24, 2.45) is 0 Å². The molecular formula is C58H48Au2N2-2. The maximum absolute atomic E-state index is 7.19. The second-order valence-corrected chi connectivity index (χ2v) is 15.3. The molecule has 0 spiro atoms. The summed E-state index contributed by atoms with van der Waals surface area (Å²) >= 11 is 0. The predicted molar refractivity (Wildman–Crippen MR) is 251 cm³/mol. The zero-order valence-electron chi connectivity index (χ0n) is 34.6. The topological polar surface area (TPSA) is 6.48 Å². The van der Waals surface area contributed by atoms with E-state index in [-0.39, 0.29) is 44.8 Å². The Morgan fingerprint density at radius 3 is 1.34 bits per heavy atom. The van der Waals surface area contributed by atoms with Crippen molar-refractivity contribution < 1.29 is 44.8 Å². The Morgan fingerprint density at radius 1 is 0.419 bits per heavy atom. The molecule has 0 saturated carbocycles. The summed E-state index contributed by atoms with van der Waals surface area (Å²) in [5, 5.41) is 0. The molecule has 4 heteroatoms. The van der Waals surface area contributed by atoms with Gasteiger partial charge in [0, 0.05) is 80.6 Å². The molecule has 10 rings (SSSR count). The maximum Gasteiger partial charge on any atom is 0.0410 e. The van der Waals surface area contributed by atoms with Gasteiger partial charge in [0.05, 0.1) is 0 Å². The van der Waals surface area contributed by atoms with Crippen molar-refractivity contribution >= 4 is 28.3 Å². The molecule has 2 radical (unpaired) electrons. The summed E-state index contributed by atoms with van der Waals surface area (Å²) in [7, 11) is 0. The summed E-state index contributed by atoms with van der Waals surface area (Å²) in [6.07, 6.45) is 22.9. The summed E-state index contributed by atoms with van der Waals surface area (Å²) in [5.41, 5.74) is 17.9. The van der Waals surface area contributed by atoms with Crippen molar-refractivity contribution in [3.63, 3.8) is 0 Å². The first kappa shape index (κ1) is 45.7. The van der Waals surface area contributed by atoms with Crippen LogP contribution in [0.3, 0.4) is 0 Å². The number of fused-ring (bicyclic) bond motifs is 5. The molecule has 3 aliphatic rings. The van der Waals surface area contributed by atoms with Crippen LogP contribution in [0.4, 0.5) is 22.7 Å². The van der Waals surface area contributed by atoms with E-state index in [1.807, 2.05) is 12.1 Å². The van der Waals surface area contributed by atoms with Crippen LogP contribution >= 0.6 is 0 Å². The minimum Gasteiger partial charge on any atom is -0.366 e. The van der Waals surface area contributed by atoms with E-state index in [1.54, 1.807) is 0 Å². The normalized spacial score (nSPS) is 12.3. The summed E-state index contributed by atoms with van der Waals surface area (Å²) in [4.78, 5) is 4.82. The van der Waals surface area contributed by atoms with Crippen LogP contribution in [0.15, 0.2) is 205 Å². The Morgan fingerprint density at radius 2 is 0.855 bits per heavy atom. The third kappa shape index (κ3) is 11.2. The van der Waals surface area contributed by atoms with Gasteiger partial charge in [0.1, 0.15) is 0 Å². The molecule has 0 fully saturated rings.